The summed E-state index contributed by atoms with van der Waals surface area (Å²) in [6.45, 7) is 1.58. The first-order valence-corrected chi connectivity index (χ1v) is 10.8. The van der Waals surface area contributed by atoms with Gasteiger partial charge in [0.2, 0.25) is 0 Å². The molecule has 0 aliphatic carbocycles. The monoisotopic (exact) mass is 472 g/mol. The van der Waals surface area contributed by atoms with Gasteiger partial charge >= 0.3 is 5.97 Å². The molecule has 0 aliphatic heterocycles. The summed E-state index contributed by atoms with van der Waals surface area (Å²) in [4.78, 5) is 25.0. The summed E-state index contributed by atoms with van der Waals surface area (Å²) in [7, 11) is 3.11. The molecule has 1 atom stereocenters. The molecule has 5 aromatic rings. The molecule has 0 radical (unpaired) electrons. The summed E-state index contributed by atoms with van der Waals surface area (Å²) in [5.41, 5.74) is 2.92. The number of pyridine rings is 1. The van der Waals surface area contributed by atoms with E-state index in [4.69, 9.17) is 9.47 Å². The van der Waals surface area contributed by atoms with Gasteiger partial charge in [0.15, 0.2) is 11.9 Å². The summed E-state index contributed by atoms with van der Waals surface area (Å²) in [5, 5.41) is 8.15. The Morgan fingerprint density at radius 3 is 2.74 bits per heavy atom. The number of rotatable bonds is 6. The molecule has 1 N–H and O–H groups in total. The fraction of sp³-hybridized carbons (Fsp3) is 0.160. The van der Waals surface area contributed by atoms with Gasteiger partial charge in [0.25, 0.3) is 0 Å². The minimum absolute atomic E-state index is 0.216. The minimum atomic E-state index is -0.899. The van der Waals surface area contributed by atoms with Crippen LogP contribution in [0.1, 0.15) is 6.92 Å². The minimum Gasteiger partial charge on any atom is -0.478 e. The second-order valence-corrected chi connectivity index (χ2v) is 7.90. The van der Waals surface area contributed by atoms with E-state index in [1.165, 1.54) is 13.4 Å². The van der Waals surface area contributed by atoms with Crippen LogP contribution < -0.4 is 10.1 Å². The summed E-state index contributed by atoms with van der Waals surface area (Å²) < 4.78 is 27.8. The van der Waals surface area contributed by atoms with E-state index in [-0.39, 0.29) is 5.69 Å². The quantitative estimate of drug-likeness (QED) is 0.363. The molecular formula is C25H21FN6O3. The topological polar surface area (TPSA) is 104 Å². The average Bonchev–Trinajstić information content (AvgIpc) is 3.31. The number of aryl methyl sites for hydroxylation is 1. The molecule has 1 unspecified atom stereocenters. The normalized spacial score (nSPS) is 12.0. The Morgan fingerprint density at radius 2 is 1.97 bits per heavy atom. The maximum Gasteiger partial charge on any atom is 0.346 e. The number of carbonyl (C=O) groups excluding carboxylic acids is 1. The number of fused-ring (bicyclic) bond motifs is 2. The molecule has 5 rings (SSSR count). The van der Waals surface area contributed by atoms with Crippen molar-refractivity contribution >= 4 is 39.3 Å². The molecule has 9 nitrogen and oxygen atoms in total. The third-order valence-electron chi connectivity index (χ3n) is 5.55. The molecule has 0 saturated heterocycles. The number of anilines is 2. The SMILES string of the molecule is COC(=O)C(C)Oc1cc(-c2cnn(C)c2)cc2ncnc(Nc3ccc4ncccc4c3F)c12. The van der Waals surface area contributed by atoms with Gasteiger partial charge in [-0.05, 0) is 48.9 Å². The van der Waals surface area contributed by atoms with Crippen LogP contribution in [0.5, 0.6) is 5.75 Å². The molecule has 3 heterocycles. The molecule has 0 bridgehead atoms. The number of aromatic nitrogens is 5. The van der Waals surface area contributed by atoms with Crippen LogP contribution in [0.25, 0.3) is 32.9 Å². The van der Waals surface area contributed by atoms with E-state index >= 15 is 4.39 Å². The zero-order chi connectivity index (χ0) is 24.5. The molecule has 0 aliphatic rings. The van der Waals surface area contributed by atoms with Gasteiger partial charge < -0.3 is 14.8 Å². The highest BCUT2D eigenvalue weighted by Crippen LogP contribution is 2.37. The molecule has 0 amide bonds. The Hall–Kier alpha value is -4.60. The van der Waals surface area contributed by atoms with Gasteiger partial charge in [0.1, 0.15) is 17.9 Å². The molecule has 0 fully saturated rings. The van der Waals surface area contributed by atoms with E-state index in [1.54, 1.807) is 54.3 Å². The van der Waals surface area contributed by atoms with Crippen LogP contribution >= 0.6 is 0 Å². The number of ether oxygens (including phenoxy) is 2. The van der Waals surface area contributed by atoms with Crippen LogP contribution in [0.4, 0.5) is 15.9 Å². The zero-order valence-electron chi connectivity index (χ0n) is 19.2. The Morgan fingerprint density at radius 1 is 1.11 bits per heavy atom. The molecule has 176 valence electrons. The summed E-state index contributed by atoms with van der Waals surface area (Å²) in [5.74, 6) is -0.337. The maximum absolute atomic E-state index is 15.3. The summed E-state index contributed by atoms with van der Waals surface area (Å²) in [6.07, 6.45) is 5.66. The number of benzene rings is 2. The highest BCUT2D eigenvalue weighted by Gasteiger charge is 2.21. The van der Waals surface area contributed by atoms with Gasteiger partial charge in [0.05, 0.1) is 35.4 Å². The van der Waals surface area contributed by atoms with E-state index < -0.39 is 17.9 Å². The van der Waals surface area contributed by atoms with E-state index in [1.807, 2.05) is 19.3 Å². The molecule has 3 aromatic heterocycles. The van der Waals surface area contributed by atoms with E-state index in [0.717, 1.165) is 11.1 Å². The van der Waals surface area contributed by atoms with Crippen molar-refractivity contribution in [1.29, 1.82) is 0 Å². The van der Waals surface area contributed by atoms with Gasteiger partial charge in [0, 0.05) is 30.4 Å². The fourth-order valence-corrected chi connectivity index (χ4v) is 3.82. The highest BCUT2D eigenvalue weighted by molar-refractivity contribution is 5.99. The third-order valence-corrected chi connectivity index (χ3v) is 5.55. The number of nitrogens with one attached hydrogen (secondary N) is 1. The second kappa shape index (κ2) is 8.98. The van der Waals surface area contributed by atoms with E-state index in [0.29, 0.717) is 33.4 Å². The van der Waals surface area contributed by atoms with E-state index in [9.17, 15) is 4.79 Å². The second-order valence-electron chi connectivity index (χ2n) is 7.90. The average molecular weight is 472 g/mol. The summed E-state index contributed by atoms with van der Waals surface area (Å²) >= 11 is 0. The van der Waals surface area contributed by atoms with Gasteiger partial charge in [-0.15, -0.1) is 0 Å². The molecule has 2 aromatic carbocycles. The van der Waals surface area contributed by atoms with Crippen molar-refractivity contribution in [3.05, 3.63) is 67.1 Å². The lowest BCUT2D eigenvalue weighted by atomic mass is 10.1. The van der Waals surface area contributed by atoms with Crippen LogP contribution in [-0.4, -0.2) is 43.9 Å². The first-order chi connectivity index (χ1) is 16.9. The standard InChI is InChI=1S/C25H21FN6O3/c1-14(25(33)34-3)35-21-10-15(16-11-30-32(2)12-16)9-20-22(21)24(29-13-28-20)31-19-7-6-18-17(23(19)26)5-4-8-27-18/h4-14H,1-3H3,(H,28,29,31). The Kier molecular flexibility index (Phi) is 5.69. The number of hydrogen-bond donors (Lipinski definition) is 1. The number of nitrogens with zero attached hydrogens (tertiary/aromatic N) is 5. The first kappa shape index (κ1) is 22.2. The lowest BCUT2D eigenvalue weighted by Gasteiger charge is -2.17. The van der Waals surface area contributed by atoms with Gasteiger partial charge in [-0.3, -0.25) is 9.67 Å². The van der Waals surface area contributed by atoms with Crippen LogP contribution in [0.3, 0.4) is 0 Å². The van der Waals surface area contributed by atoms with Crippen molar-refractivity contribution in [2.24, 2.45) is 7.05 Å². The third kappa shape index (κ3) is 4.21. The molecule has 0 spiro atoms. The zero-order valence-corrected chi connectivity index (χ0v) is 19.2. The lowest BCUT2D eigenvalue weighted by Crippen LogP contribution is -2.25. The largest absolute Gasteiger partial charge is 0.478 e. The lowest BCUT2D eigenvalue weighted by molar-refractivity contribution is -0.147. The van der Waals surface area contributed by atoms with Crippen LogP contribution in [-0.2, 0) is 16.6 Å². The Balaban J connectivity index is 1.65. The highest BCUT2D eigenvalue weighted by atomic mass is 19.1. The number of hydrogen-bond acceptors (Lipinski definition) is 8. The smallest absolute Gasteiger partial charge is 0.346 e. The molecule has 10 heteroatoms. The van der Waals surface area contributed by atoms with Crippen LogP contribution in [0, 0.1) is 5.82 Å². The Bertz CT molecular complexity index is 1570. The fourth-order valence-electron chi connectivity index (χ4n) is 3.82. The molecule has 0 saturated carbocycles. The van der Waals surface area contributed by atoms with Gasteiger partial charge in [-0.2, -0.15) is 5.10 Å². The molecular weight excluding hydrogens is 451 g/mol. The van der Waals surface area contributed by atoms with Crippen LogP contribution in [0.15, 0.2) is 61.3 Å². The van der Waals surface area contributed by atoms with Gasteiger partial charge in [-0.25, -0.2) is 19.2 Å². The number of carbonyl (C=O) groups is 1. The van der Waals surface area contributed by atoms with Crippen molar-refractivity contribution in [1.82, 2.24) is 24.7 Å². The van der Waals surface area contributed by atoms with Crippen molar-refractivity contribution in [3.63, 3.8) is 0 Å². The van der Waals surface area contributed by atoms with Crippen molar-refractivity contribution < 1.29 is 18.7 Å². The first-order valence-electron chi connectivity index (χ1n) is 10.8. The van der Waals surface area contributed by atoms with Crippen molar-refractivity contribution in [2.45, 2.75) is 13.0 Å². The van der Waals surface area contributed by atoms with Crippen LogP contribution in [0.2, 0.25) is 0 Å². The van der Waals surface area contributed by atoms with E-state index in [2.05, 4.69) is 25.4 Å². The van der Waals surface area contributed by atoms with Gasteiger partial charge in [-0.1, -0.05) is 0 Å². The van der Waals surface area contributed by atoms with Crippen molar-refractivity contribution in [3.8, 4) is 16.9 Å². The number of methoxy groups -OCH3 is 1. The predicted molar refractivity (Wildman–Crippen MR) is 129 cm³/mol. The number of esters is 1. The van der Waals surface area contributed by atoms with Crippen molar-refractivity contribution in [2.75, 3.05) is 12.4 Å². The Labute approximate surface area is 199 Å². The predicted octanol–water partition coefficient (Wildman–Crippen LogP) is 4.40. The maximum atomic E-state index is 15.3. The summed E-state index contributed by atoms with van der Waals surface area (Å²) in [6, 6.07) is 10.3. The molecule has 35 heavy (non-hydrogen) atoms. The number of halogens is 1.